The summed E-state index contributed by atoms with van der Waals surface area (Å²) in [5.74, 6) is 1.53. The first-order chi connectivity index (χ1) is 12.4. The Bertz CT molecular complexity index is 878. The molecule has 5 rings (SSSR count). The summed E-state index contributed by atoms with van der Waals surface area (Å²) in [5.41, 5.74) is 4.92. The highest BCUT2D eigenvalue weighted by atomic mass is 15.4. The summed E-state index contributed by atoms with van der Waals surface area (Å²) < 4.78 is 2.02. The van der Waals surface area contributed by atoms with Crippen LogP contribution in [0, 0.1) is 0 Å². The van der Waals surface area contributed by atoms with Crippen molar-refractivity contribution in [2.45, 2.75) is 44.6 Å². The Labute approximate surface area is 147 Å². The molecule has 0 bridgehead atoms. The van der Waals surface area contributed by atoms with E-state index < -0.39 is 0 Å². The van der Waals surface area contributed by atoms with Gasteiger partial charge in [0.2, 0.25) is 0 Å². The molecule has 1 saturated heterocycles. The third-order valence-corrected chi connectivity index (χ3v) is 5.65. The monoisotopic (exact) mass is 333 g/mol. The van der Waals surface area contributed by atoms with E-state index in [1.54, 1.807) is 0 Å². The third-order valence-electron chi connectivity index (χ3n) is 5.65. The van der Waals surface area contributed by atoms with Crippen molar-refractivity contribution < 1.29 is 0 Å². The molecule has 5 heteroatoms. The maximum absolute atomic E-state index is 4.86. The standard InChI is InChI=1S/C20H23N5/c1-2-5-15(6-3-1)14-24-11-9-16(10-12-24)20-22-21-19-13-17-7-4-8-18(17)23-25(19)20/h1-3,5-6,13,16H,4,7-12,14H2. The molecule has 2 aliphatic rings. The molecule has 0 saturated carbocycles. The predicted octanol–water partition coefficient (Wildman–Crippen LogP) is 2.99. The zero-order valence-corrected chi connectivity index (χ0v) is 14.4. The second-order valence-electron chi connectivity index (χ2n) is 7.33. The zero-order chi connectivity index (χ0) is 16.6. The van der Waals surface area contributed by atoms with Gasteiger partial charge in [-0.3, -0.25) is 4.90 Å². The highest BCUT2D eigenvalue weighted by molar-refractivity contribution is 5.43. The second kappa shape index (κ2) is 6.23. The van der Waals surface area contributed by atoms with E-state index in [0.29, 0.717) is 5.92 Å². The van der Waals surface area contributed by atoms with E-state index in [1.807, 2.05) is 4.52 Å². The molecule has 1 aromatic carbocycles. The summed E-state index contributed by atoms with van der Waals surface area (Å²) in [6.07, 6.45) is 5.71. The number of hydrogen-bond donors (Lipinski definition) is 0. The number of nitrogens with zero attached hydrogens (tertiary/aromatic N) is 5. The minimum absolute atomic E-state index is 0.467. The maximum Gasteiger partial charge on any atom is 0.178 e. The van der Waals surface area contributed by atoms with Gasteiger partial charge in [0.15, 0.2) is 11.5 Å². The Balaban J connectivity index is 1.32. The first-order valence-corrected chi connectivity index (χ1v) is 9.37. The summed E-state index contributed by atoms with van der Waals surface area (Å²) in [6.45, 7) is 3.26. The fraction of sp³-hybridized carbons (Fsp3) is 0.450. The number of benzene rings is 1. The smallest absolute Gasteiger partial charge is 0.178 e. The first kappa shape index (κ1) is 15.0. The van der Waals surface area contributed by atoms with Gasteiger partial charge >= 0.3 is 0 Å². The fourth-order valence-corrected chi connectivity index (χ4v) is 4.24. The topological polar surface area (TPSA) is 46.3 Å². The van der Waals surface area contributed by atoms with Gasteiger partial charge in [0, 0.05) is 12.5 Å². The van der Waals surface area contributed by atoms with Gasteiger partial charge in [0.25, 0.3) is 0 Å². The molecule has 3 heterocycles. The molecule has 1 fully saturated rings. The quantitative estimate of drug-likeness (QED) is 0.739. The van der Waals surface area contributed by atoms with Gasteiger partial charge in [-0.2, -0.15) is 9.61 Å². The lowest BCUT2D eigenvalue weighted by atomic mass is 9.95. The molecule has 0 atom stereocenters. The van der Waals surface area contributed by atoms with E-state index in [2.05, 4.69) is 51.5 Å². The van der Waals surface area contributed by atoms with Crippen LogP contribution in [0.2, 0.25) is 0 Å². The largest absolute Gasteiger partial charge is 0.299 e. The Morgan fingerprint density at radius 1 is 1.00 bits per heavy atom. The molecule has 2 aromatic heterocycles. The Hall–Kier alpha value is -2.27. The molecule has 25 heavy (non-hydrogen) atoms. The van der Waals surface area contributed by atoms with Crippen LogP contribution < -0.4 is 0 Å². The maximum atomic E-state index is 4.86. The van der Waals surface area contributed by atoms with Crippen LogP contribution in [0.25, 0.3) is 5.65 Å². The molecule has 5 nitrogen and oxygen atoms in total. The van der Waals surface area contributed by atoms with Crippen molar-refractivity contribution in [1.82, 2.24) is 24.7 Å². The first-order valence-electron chi connectivity index (χ1n) is 9.37. The highest BCUT2D eigenvalue weighted by Crippen LogP contribution is 2.29. The van der Waals surface area contributed by atoms with Crippen molar-refractivity contribution in [3.8, 4) is 0 Å². The number of rotatable bonds is 3. The van der Waals surface area contributed by atoms with Crippen molar-refractivity contribution in [2.24, 2.45) is 0 Å². The van der Waals surface area contributed by atoms with E-state index in [1.165, 1.54) is 23.2 Å². The van der Waals surface area contributed by atoms with Gasteiger partial charge in [0.1, 0.15) is 0 Å². The molecule has 1 aliphatic carbocycles. The fourth-order valence-electron chi connectivity index (χ4n) is 4.24. The van der Waals surface area contributed by atoms with E-state index in [-0.39, 0.29) is 0 Å². The summed E-state index contributed by atoms with van der Waals surface area (Å²) in [5, 5.41) is 13.8. The molecule has 3 aromatic rings. The van der Waals surface area contributed by atoms with Crippen LogP contribution in [0.15, 0.2) is 36.4 Å². The zero-order valence-electron chi connectivity index (χ0n) is 14.4. The Kier molecular flexibility index (Phi) is 3.74. The molecule has 0 N–H and O–H groups in total. The number of hydrogen-bond acceptors (Lipinski definition) is 4. The van der Waals surface area contributed by atoms with Gasteiger partial charge in [0.05, 0.1) is 5.69 Å². The average Bonchev–Trinajstić information content (AvgIpc) is 3.27. The average molecular weight is 333 g/mol. The minimum Gasteiger partial charge on any atom is -0.299 e. The Morgan fingerprint density at radius 3 is 2.68 bits per heavy atom. The molecule has 0 amide bonds. The number of likely N-dealkylation sites (tertiary alicyclic amines) is 1. The van der Waals surface area contributed by atoms with Crippen LogP contribution in [-0.4, -0.2) is 37.8 Å². The van der Waals surface area contributed by atoms with Crippen molar-refractivity contribution in [3.63, 3.8) is 0 Å². The normalized spacial score (nSPS) is 18.7. The van der Waals surface area contributed by atoms with Gasteiger partial charge < -0.3 is 0 Å². The van der Waals surface area contributed by atoms with Crippen molar-refractivity contribution >= 4 is 5.65 Å². The Morgan fingerprint density at radius 2 is 1.84 bits per heavy atom. The highest BCUT2D eigenvalue weighted by Gasteiger charge is 2.26. The number of aryl methyl sites for hydroxylation is 2. The van der Waals surface area contributed by atoms with E-state index in [9.17, 15) is 0 Å². The lowest BCUT2D eigenvalue weighted by Gasteiger charge is -2.31. The lowest BCUT2D eigenvalue weighted by Crippen LogP contribution is -2.33. The van der Waals surface area contributed by atoms with E-state index in [4.69, 9.17) is 5.10 Å². The SMILES string of the molecule is c1ccc(CN2CCC(c3nnc4cc5c(nn34)CCC5)CC2)cc1. The van der Waals surface area contributed by atoms with Gasteiger partial charge in [-0.15, -0.1) is 10.2 Å². The molecular formula is C20H23N5. The van der Waals surface area contributed by atoms with E-state index in [0.717, 1.165) is 56.8 Å². The van der Waals surface area contributed by atoms with Crippen LogP contribution >= 0.6 is 0 Å². The van der Waals surface area contributed by atoms with Crippen LogP contribution in [0.1, 0.15) is 47.8 Å². The van der Waals surface area contributed by atoms with Crippen molar-refractivity contribution in [2.75, 3.05) is 13.1 Å². The van der Waals surface area contributed by atoms with Gasteiger partial charge in [-0.25, -0.2) is 0 Å². The van der Waals surface area contributed by atoms with Crippen LogP contribution in [0.4, 0.5) is 0 Å². The predicted molar refractivity (Wildman–Crippen MR) is 96.5 cm³/mol. The number of piperidine rings is 1. The number of aromatic nitrogens is 4. The van der Waals surface area contributed by atoms with Crippen LogP contribution in [0.3, 0.4) is 0 Å². The molecule has 0 unspecified atom stereocenters. The summed E-state index contributed by atoms with van der Waals surface area (Å²) in [7, 11) is 0. The van der Waals surface area contributed by atoms with E-state index >= 15 is 0 Å². The second-order valence-corrected chi connectivity index (χ2v) is 7.33. The third kappa shape index (κ3) is 2.82. The molecular weight excluding hydrogens is 310 g/mol. The summed E-state index contributed by atoms with van der Waals surface area (Å²) in [6, 6.07) is 12.9. The lowest BCUT2D eigenvalue weighted by molar-refractivity contribution is 0.201. The molecule has 0 spiro atoms. The van der Waals surface area contributed by atoms with Crippen molar-refractivity contribution in [3.05, 3.63) is 59.0 Å². The van der Waals surface area contributed by atoms with Gasteiger partial charge in [-0.05, 0) is 62.4 Å². The van der Waals surface area contributed by atoms with Crippen LogP contribution in [0.5, 0.6) is 0 Å². The minimum atomic E-state index is 0.467. The molecule has 128 valence electrons. The molecule has 1 aliphatic heterocycles. The summed E-state index contributed by atoms with van der Waals surface area (Å²) >= 11 is 0. The molecule has 0 radical (unpaired) electrons. The summed E-state index contributed by atoms with van der Waals surface area (Å²) in [4.78, 5) is 2.54. The van der Waals surface area contributed by atoms with Crippen LogP contribution in [-0.2, 0) is 19.4 Å². The van der Waals surface area contributed by atoms with Crippen molar-refractivity contribution in [1.29, 1.82) is 0 Å². The number of fused-ring (bicyclic) bond motifs is 2. The van der Waals surface area contributed by atoms with Gasteiger partial charge in [-0.1, -0.05) is 30.3 Å².